The second-order valence-corrected chi connectivity index (χ2v) is 37.6. The van der Waals surface area contributed by atoms with E-state index in [1.54, 1.807) is 88.1 Å². The van der Waals surface area contributed by atoms with E-state index in [0.29, 0.717) is 84.6 Å². The Bertz CT molecular complexity index is 5510. The molecule has 8 fully saturated rings. The fourth-order valence-corrected chi connectivity index (χ4v) is 22.4. The van der Waals surface area contributed by atoms with E-state index in [1.807, 2.05) is 43.9 Å². The van der Waals surface area contributed by atoms with Gasteiger partial charge in [0.15, 0.2) is 0 Å². The maximum absolute atomic E-state index is 13.3. The molecule has 8 aliphatic heterocycles. The topological polar surface area (TPSA) is 205 Å². The molecule has 4 amide bonds. The highest BCUT2D eigenvalue weighted by atomic mass is 16.5. The van der Waals surface area contributed by atoms with Crippen LogP contribution in [0.15, 0.2) is 292 Å². The first-order valence-electron chi connectivity index (χ1n) is 48.3. The molecule has 0 saturated carbocycles. The van der Waals surface area contributed by atoms with Crippen LogP contribution < -0.4 is 0 Å². The van der Waals surface area contributed by atoms with Gasteiger partial charge in [0.25, 0.3) is 23.6 Å². The standard InChI is InChI=1S/2C29H33N3O2.2C28H31N3O2/c2*1-21-6-5-7-25(18-21)22-8-10-23(11-9-22)28-26-19-31(29(33)24-12-14-30-15-13-24)16-3-4-17-32(26)27(28)20-34-2;2*1-20-5-4-6-24(17-20)21-7-9-22(10-8-21)27-25-18-30(28(33)23-11-13-29-14-12-23)15-2-3-16-31(25)26(27)19-32/h2*5-15,18,26-28H,3-4,16-17,19-20H2,1-2H3;2*4-14,17,25-27,32H,2-3,15-16,18-19H2,1H3/t26-,27+,28-;26-,27-,28-;25-,26+,27-;25-,26-,27-/m1111/s1. The number of aryl methyl sites for hydroxylation is 4. The lowest BCUT2D eigenvalue weighted by Crippen LogP contribution is -2.68. The lowest BCUT2D eigenvalue weighted by Gasteiger charge is -2.57. The van der Waals surface area contributed by atoms with Crippen LogP contribution in [-0.4, -0.2) is 260 Å². The number of pyridine rings is 4. The van der Waals surface area contributed by atoms with Crippen molar-refractivity contribution >= 4 is 23.6 Å². The Morgan fingerprint density at radius 3 is 0.694 bits per heavy atom. The zero-order valence-corrected chi connectivity index (χ0v) is 78.3. The van der Waals surface area contributed by atoms with Gasteiger partial charge in [-0.05, 0) is 221 Å². The lowest BCUT2D eigenvalue weighted by atomic mass is 9.74. The quantitative estimate of drug-likeness (QED) is 0.0820. The molecule has 8 aromatic carbocycles. The van der Waals surface area contributed by atoms with E-state index in [2.05, 4.69) is 261 Å². The van der Waals surface area contributed by atoms with E-state index in [1.165, 1.54) is 89.0 Å². The fraction of sp³-hybridized carbons (Fsp3) is 0.368. The van der Waals surface area contributed by atoms with E-state index < -0.39 is 0 Å². The molecule has 12 aromatic rings. The van der Waals surface area contributed by atoms with E-state index >= 15 is 0 Å². The number of ether oxygens (including phenoxy) is 2. The van der Waals surface area contributed by atoms with E-state index in [4.69, 9.17) is 9.47 Å². The number of benzene rings is 8. The maximum atomic E-state index is 13.3. The van der Waals surface area contributed by atoms with Crippen molar-refractivity contribution in [2.75, 3.05) is 119 Å². The molecule has 2 N–H and O–H groups in total. The largest absolute Gasteiger partial charge is 0.395 e. The first-order valence-corrected chi connectivity index (χ1v) is 48.3. The van der Waals surface area contributed by atoms with Crippen molar-refractivity contribution in [2.45, 2.75) is 151 Å². The van der Waals surface area contributed by atoms with Gasteiger partial charge in [-0.2, -0.15) is 0 Å². The van der Waals surface area contributed by atoms with Crippen LogP contribution >= 0.6 is 0 Å². The van der Waals surface area contributed by atoms with Crippen molar-refractivity contribution in [3.05, 3.63) is 359 Å². The summed E-state index contributed by atoms with van der Waals surface area (Å²) in [6.07, 6.45) is 21.7. The summed E-state index contributed by atoms with van der Waals surface area (Å²) in [5.74, 6) is 1.47. The van der Waals surface area contributed by atoms with Crippen molar-refractivity contribution in [3.8, 4) is 44.5 Å². The number of aromatic nitrogens is 4. The molecule has 20 rings (SSSR count). The summed E-state index contributed by atoms with van der Waals surface area (Å²) in [5, 5.41) is 20.4. The summed E-state index contributed by atoms with van der Waals surface area (Å²) in [6, 6.07) is 86.3. The monoisotopic (exact) mass is 1790 g/mol. The predicted octanol–water partition coefficient (Wildman–Crippen LogP) is 17.8. The summed E-state index contributed by atoms with van der Waals surface area (Å²) in [5.41, 5.74) is 22.8. The summed E-state index contributed by atoms with van der Waals surface area (Å²) in [6.45, 7) is 20.3. The average molecular weight is 1790 g/mol. The molecular formula is C114H128N12O8. The van der Waals surface area contributed by atoms with E-state index in [9.17, 15) is 29.4 Å². The lowest BCUT2D eigenvalue weighted by molar-refractivity contribution is -0.0680. The van der Waals surface area contributed by atoms with Gasteiger partial charge < -0.3 is 39.3 Å². The number of aliphatic hydroxyl groups is 2. The van der Waals surface area contributed by atoms with E-state index in [-0.39, 0.29) is 72.8 Å². The number of carbonyl (C=O) groups excluding carboxylic acids is 4. The molecule has 12 heterocycles. The molecule has 0 radical (unpaired) electrons. The molecule has 0 aliphatic carbocycles. The molecule has 8 aliphatic rings. The van der Waals surface area contributed by atoms with Crippen LogP contribution in [0.5, 0.6) is 0 Å². The Hall–Kier alpha value is -12.1. The third-order valence-corrected chi connectivity index (χ3v) is 29.2. The molecular weight excluding hydrogens is 1670 g/mol. The van der Waals surface area contributed by atoms with Crippen LogP contribution in [0.2, 0.25) is 0 Å². The van der Waals surface area contributed by atoms with Crippen LogP contribution in [0, 0.1) is 27.7 Å². The molecule has 0 bridgehead atoms. The number of rotatable bonds is 18. The zero-order chi connectivity index (χ0) is 92.6. The number of aliphatic hydroxyl groups excluding tert-OH is 2. The minimum Gasteiger partial charge on any atom is -0.395 e. The Morgan fingerprint density at radius 1 is 0.276 bits per heavy atom. The highest BCUT2D eigenvalue weighted by molar-refractivity contribution is 5.96. The number of hydrogen-bond donors (Lipinski definition) is 2. The number of carbonyl (C=O) groups is 4. The van der Waals surface area contributed by atoms with Gasteiger partial charge in [-0.3, -0.25) is 58.7 Å². The molecule has 4 aromatic heterocycles. The third-order valence-electron chi connectivity index (χ3n) is 29.2. The molecule has 0 spiro atoms. The normalized spacial score (nSPS) is 23.0. The van der Waals surface area contributed by atoms with Crippen LogP contribution in [-0.2, 0) is 9.47 Å². The molecule has 8 saturated heterocycles. The van der Waals surface area contributed by atoms with Gasteiger partial charge in [0.05, 0.1) is 26.4 Å². The second kappa shape index (κ2) is 44.4. The van der Waals surface area contributed by atoms with Crippen molar-refractivity contribution in [1.29, 1.82) is 0 Å². The number of amides is 4. The summed E-state index contributed by atoms with van der Waals surface area (Å²) in [4.78, 5) is 87.2. The predicted molar refractivity (Wildman–Crippen MR) is 530 cm³/mol. The molecule has 692 valence electrons. The average Bonchev–Trinajstić information content (AvgIpc) is 0.753. The van der Waals surface area contributed by atoms with E-state index in [0.717, 1.165) is 117 Å². The van der Waals surface area contributed by atoms with Crippen LogP contribution in [0.3, 0.4) is 0 Å². The smallest absolute Gasteiger partial charge is 0.254 e. The highest BCUT2D eigenvalue weighted by Gasteiger charge is 2.54. The van der Waals surface area contributed by atoms with Crippen molar-refractivity contribution in [3.63, 3.8) is 0 Å². The number of fused-ring (bicyclic) bond motifs is 4. The molecule has 134 heavy (non-hydrogen) atoms. The van der Waals surface area contributed by atoms with Crippen LogP contribution in [0.1, 0.15) is 161 Å². The van der Waals surface area contributed by atoms with Crippen molar-refractivity contribution in [1.82, 2.24) is 59.1 Å². The van der Waals surface area contributed by atoms with Crippen LogP contribution in [0.4, 0.5) is 0 Å². The Balaban J connectivity index is 0.000000124. The Morgan fingerprint density at radius 2 is 0.485 bits per heavy atom. The van der Waals surface area contributed by atoms with Gasteiger partial charge in [-0.25, -0.2) is 0 Å². The number of methoxy groups -OCH3 is 2. The maximum Gasteiger partial charge on any atom is 0.254 e. The fourth-order valence-electron chi connectivity index (χ4n) is 22.4. The zero-order valence-electron chi connectivity index (χ0n) is 78.3. The Labute approximate surface area is 790 Å². The SMILES string of the molecule is COC[C@@H]1[C@H](c2ccc(-c3cccc(C)c3)cc2)[C@H]2CN(C(=O)c3ccncc3)CCCCN12.COC[C@H]1[C@H](c2ccc(-c3cccc(C)c3)cc2)[C@H]2CN(C(=O)c3ccncc3)CCCCN21.Cc1cccc(-c2ccc([C@@H]3[C@H]4CN(C(=O)c5ccncc5)CCCCN4[C@H]3CO)cc2)c1.Cc1cccc(-c2ccc([C@H]3[C@@H](CO)N4CCCCN(C(=O)c5ccncc5)C[C@H]34)cc2)c1. The minimum atomic E-state index is 0.0697. The second-order valence-electron chi connectivity index (χ2n) is 37.6. The van der Waals surface area contributed by atoms with Gasteiger partial charge in [0.1, 0.15) is 0 Å². The first-order chi connectivity index (χ1) is 65.6. The Kier molecular flexibility index (Phi) is 31.0. The van der Waals surface area contributed by atoms with Crippen LogP contribution in [0.25, 0.3) is 44.5 Å². The van der Waals surface area contributed by atoms with Gasteiger partial charge in [0.2, 0.25) is 0 Å². The highest BCUT2D eigenvalue weighted by Crippen LogP contribution is 2.48. The third kappa shape index (κ3) is 21.3. The van der Waals surface area contributed by atoms with Gasteiger partial charge >= 0.3 is 0 Å². The molecule has 0 unspecified atom stereocenters. The van der Waals surface area contributed by atoms with Gasteiger partial charge in [-0.15, -0.1) is 0 Å². The summed E-state index contributed by atoms with van der Waals surface area (Å²) >= 11 is 0. The first kappa shape index (κ1) is 93.7. The van der Waals surface area contributed by atoms with Gasteiger partial charge in [-0.1, -0.05) is 216 Å². The van der Waals surface area contributed by atoms with Crippen molar-refractivity contribution in [2.24, 2.45) is 0 Å². The number of nitrogens with zero attached hydrogens (tertiary/aromatic N) is 12. The summed E-state index contributed by atoms with van der Waals surface area (Å²) < 4.78 is 11.3. The minimum absolute atomic E-state index is 0.0697. The summed E-state index contributed by atoms with van der Waals surface area (Å²) in [7, 11) is 3.57. The number of hydrogen-bond acceptors (Lipinski definition) is 16. The van der Waals surface area contributed by atoms with Crippen molar-refractivity contribution < 1.29 is 38.9 Å². The molecule has 20 nitrogen and oxygen atoms in total. The molecule has 20 heteroatoms. The molecule has 12 atom stereocenters. The van der Waals surface area contributed by atoms with Gasteiger partial charge in [0, 0.05) is 210 Å².